The summed E-state index contributed by atoms with van der Waals surface area (Å²) in [4.78, 5) is 44.5. The Kier molecular flexibility index (Phi) is 4.29. The molecule has 2 aromatic carbocycles. The van der Waals surface area contributed by atoms with Crippen molar-refractivity contribution in [3.05, 3.63) is 56.5 Å². The Balaban J connectivity index is 1.59. The maximum atomic E-state index is 13.9. The smallest absolute Gasteiger partial charge is 0.250 e. The zero-order valence-electron chi connectivity index (χ0n) is 17.0. The summed E-state index contributed by atoms with van der Waals surface area (Å²) in [6.07, 6.45) is 1.58. The van der Waals surface area contributed by atoms with Crippen LogP contribution in [0.15, 0.2) is 30.3 Å². The number of benzene rings is 2. The van der Waals surface area contributed by atoms with Crippen LogP contribution in [0, 0.1) is 18.8 Å². The van der Waals surface area contributed by atoms with E-state index < -0.39 is 23.3 Å². The Bertz CT molecular complexity index is 1250. The lowest BCUT2D eigenvalue weighted by Gasteiger charge is -2.36. The fourth-order valence-electron chi connectivity index (χ4n) is 6.30. The number of aryl methyl sites for hydroxylation is 1. The van der Waals surface area contributed by atoms with Crippen LogP contribution in [0.2, 0.25) is 15.1 Å². The number of anilines is 2. The predicted octanol–water partition coefficient (Wildman–Crippen LogP) is 4.39. The number of halogens is 3. The van der Waals surface area contributed by atoms with Crippen molar-refractivity contribution in [1.29, 1.82) is 0 Å². The third-order valence-corrected chi connectivity index (χ3v) is 8.48. The van der Waals surface area contributed by atoms with Crippen LogP contribution in [0.5, 0.6) is 0 Å². The Morgan fingerprint density at radius 3 is 2.62 bits per heavy atom. The molecule has 0 bridgehead atoms. The van der Waals surface area contributed by atoms with E-state index in [1.165, 1.54) is 0 Å². The van der Waals surface area contributed by atoms with Gasteiger partial charge in [-0.3, -0.25) is 19.3 Å². The van der Waals surface area contributed by atoms with Crippen LogP contribution >= 0.6 is 34.8 Å². The average Bonchev–Trinajstić information content (AvgIpc) is 3.44. The molecular formula is C23H18Cl3N3O3. The zero-order chi connectivity index (χ0) is 22.5. The highest BCUT2D eigenvalue weighted by molar-refractivity contribution is 6.45. The average molecular weight is 491 g/mol. The van der Waals surface area contributed by atoms with Gasteiger partial charge in [0.25, 0.3) is 5.91 Å². The summed E-state index contributed by atoms with van der Waals surface area (Å²) in [6, 6.07) is 8.34. The number of imide groups is 1. The third-order valence-electron chi connectivity index (χ3n) is 7.37. The van der Waals surface area contributed by atoms with Crippen molar-refractivity contribution >= 4 is 63.9 Å². The maximum Gasteiger partial charge on any atom is 0.250 e. The number of amides is 3. The van der Waals surface area contributed by atoms with Crippen molar-refractivity contribution in [3.8, 4) is 0 Å². The summed E-state index contributed by atoms with van der Waals surface area (Å²) < 4.78 is 0. The molecule has 0 unspecified atom stereocenters. The minimum atomic E-state index is -1.27. The first-order valence-electron chi connectivity index (χ1n) is 10.5. The van der Waals surface area contributed by atoms with Gasteiger partial charge in [0.1, 0.15) is 5.54 Å². The second-order valence-electron chi connectivity index (χ2n) is 8.88. The van der Waals surface area contributed by atoms with Gasteiger partial charge >= 0.3 is 0 Å². The highest BCUT2D eigenvalue weighted by Crippen LogP contribution is 2.61. The number of carbonyl (C=O) groups is 3. The van der Waals surface area contributed by atoms with Crippen LogP contribution in [0.1, 0.15) is 24.0 Å². The lowest BCUT2D eigenvalue weighted by Crippen LogP contribution is -2.54. The van der Waals surface area contributed by atoms with E-state index in [9.17, 15) is 14.4 Å². The van der Waals surface area contributed by atoms with Crippen LogP contribution in [0.25, 0.3) is 0 Å². The van der Waals surface area contributed by atoms with Crippen LogP contribution in [-0.2, 0) is 19.9 Å². The van der Waals surface area contributed by atoms with Gasteiger partial charge in [-0.25, -0.2) is 4.90 Å². The van der Waals surface area contributed by atoms with Gasteiger partial charge in [0.05, 0.1) is 38.3 Å². The Hall–Kier alpha value is -2.12. The molecule has 0 aliphatic carbocycles. The normalized spacial score (nSPS) is 30.8. The molecule has 4 aliphatic rings. The number of fused-ring (bicyclic) bond motifs is 7. The van der Waals surface area contributed by atoms with Crippen molar-refractivity contribution in [1.82, 2.24) is 4.90 Å². The molecule has 6 rings (SSSR count). The Morgan fingerprint density at radius 1 is 1.06 bits per heavy atom. The zero-order valence-corrected chi connectivity index (χ0v) is 19.3. The molecule has 4 atom stereocenters. The Morgan fingerprint density at radius 2 is 1.84 bits per heavy atom. The molecule has 32 heavy (non-hydrogen) atoms. The minimum Gasteiger partial charge on any atom is -0.323 e. The van der Waals surface area contributed by atoms with Crippen molar-refractivity contribution in [2.75, 3.05) is 16.8 Å². The van der Waals surface area contributed by atoms with Gasteiger partial charge < -0.3 is 5.32 Å². The van der Waals surface area contributed by atoms with Crippen molar-refractivity contribution in [2.45, 2.75) is 31.3 Å². The van der Waals surface area contributed by atoms with E-state index in [1.807, 2.05) is 13.0 Å². The van der Waals surface area contributed by atoms with Gasteiger partial charge in [-0.15, -0.1) is 0 Å². The standard InChI is InChI=1S/C23H18Cl3N3O3/c1-10-8-11-19(13(25)9-10)27-22(32)23(11)17-16(14-6-3-7-28(14)23)20(30)29(21(17)31)15-5-2-4-12(24)18(15)26/h2,4-5,8-9,14,16-17H,3,6-7H2,1H3,(H,27,32)/t14-,16+,17-,23+/m0/s1. The Labute approximate surface area is 199 Å². The second kappa shape index (κ2) is 6.70. The van der Waals surface area contributed by atoms with Gasteiger partial charge in [-0.05, 0) is 50.1 Å². The molecule has 4 heterocycles. The van der Waals surface area contributed by atoms with E-state index in [1.54, 1.807) is 24.3 Å². The van der Waals surface area contributed by atoms with E-state index in [-0.39, 0.29) is 33.6 Å². The molecule has 164 valence electrons. The molecule has 6 nitrogen and oxygen atoms in total. The topological polar surface area (TPSA) is 69.7 Å². The molecule has 9 heteroatoms. The molecule has 2 aromatic rings. The number of rotatable bonds is 1. The monoisotopic (exact) mass is 489 g/mol. The molecule has 3 fully saturated rings. The number of hydrogen-bond donors (Lipinski definition) is 1. The summed E-state index contributed by atoms with van der Waals surface area (Å²) in [5.41, 5.74) is 1.06. The van der Waals surface area contributed by atoms with E-state index >= 15 is 0 Å². The second-order valence-corrected chi connectivity index (χ2v) is 10.1. The van der Waals surface area contributed by atoms with E-state index in [4.69, 9.17) is 34.8 Å². The van der Waals surface area contributed by atoms with Gasteiger partial charge in [-0.1, -0.05) is 46.9 Å². The molecule has 3 saturated heterocycles. The lowest BCUT2D eigenvalue weighted by molar-refractivity contribution is -0.135. The summed E-state index contributed by atoms with van der Waals surface area (Å²) in [5.74, 6) is -2.58. The summed E-state index contributed by atoms with van der Waals surface area (Å²) in [5, 5.41) is 3.74. The molecule has 0 radical (unpaired) electrons. The van der Waals surface area contributed by atoms with Crippen molar-refractivity contribution < 1.29 is 14.4 Å². The van der Waals surface area contributed by atoms with E-state index in [2.05, 4.69) is 10.2 Å². The first-order valence-corrected chi connectivity index (χ1v) is 11.6. The highest BCUT2D eigenvalue weighted by Gasteiger charge is 2.74. The van der Waals surface area contributed by atoms with Crippen LogP contribution in [-0.4, -0.2) is 35.2 Å². The van der Waals surface area contributed by atoms with Crippen LogP contribution < -0.4 is 10.2 Å². The van der Waals surface area contributed by atoms with Gasteiger partial charge in [-0.2, -0.15) is 0 Å². The van der Waals surface area contributed by atoms with Crippen molar-refractivity contribution in [2.24, 2.45) is 11.8 Å². The molecule has 4 aliphatic heterocycles. The molecule has 1 N–H and O–H groups in total. The summed E-state index contributed by atoms with van der Waals surface area (Å²) in [7, 11) is 0. The third kappa shape index (κ3) is 2.29. The number of hydrogen-bond acceptors (Lipinski definition) is 4. The van der Waals surface area contributed by atoms with Gasteiger partial charge in [0.2, 0.25) is 11.8 Å². The van der Waals surface area contributed by atoms with Crippen LogP contribution in [0.3, 0.4) is 0 Å². The van der Waals surface area contributed by atoms with E-state index in [0.717, 1.165) is 23.3 Å². The molecule has 0 saturated carbocycles. The summed E-state index contributed by atoms with van der Waals surface area (Å²) >= 11 is 19.1. The van der Waals surface area contributed by atoms with Crippen molar-refractivity contribution in [3.63, 3.8) is 0 Å². The molecular weight excluding hydrogens is 473 g/mol. The number of nitrogens with one attached hydrogen (secondary N) is 1. The lowest BCUT2D eigenvalue weighted by atomic mass is 9.75. The first-order chi connectivity index (χ1) is 15.3. The maximum absolute atomic E-state index is 13.9. The molecule has 3 amide bonds. The highest BCUT2D eigenvalue weighted by atomic mass is 35.5. The first kappa shape index (κ1) is 20.5. The minimum absolute atomic E-state index is 0.142. The summed E-state index contributed by atoms with van der Waals surface area (Å²) in [6.45, 7) is 2.53. The quantitative estimate of drug-likeness (QED) is 0.602. The SMILES string of the molecule is Cc1cc(Cl)c2c(c1)[C@]1(C(=O)N2)[C@@H]2C(=O)N(c3cccc(Cl)c3Cl)C(=O)[C@@H]2[C@@H]2CCCN21. The van der Waals surface area contributed by atoms with Gasteiger partial charge in [0.15, 0.2) is 0 Å². The molecule has 0 aromatic heterocycles. The number of nitrogens with zero attached hydrogens (tertiary/aromatic N) is 2. The van der Waals surface area contributed by atoms with Crippen LogP contribution in [0.4, 0.5) is 11.4 Å². The van der Waals surface area contributed by atoms with Gasteiger partial charge in [0, 0.05) is 11.6 Å². The predicted molar refractivity (Wildman–Crippen MR) is 122 cm³/mol. The fraction of sp³-hybridized carbons (Fsp3) is 0.348. The van der Waals surface area contributed by atoms with E-state index in [0.29, 0.717) is 22.8 Å². The largest absolute Gasteiger partial charge is 0.323 e. The molecule has 1 spiro atoms. The fourth-order valence-corrected chi connectivity index (χ4v) is 7.00. The number of carbonyl (C=O) groups excluding carboxylic acids is 3.